The molecule has 1 rings (SSSR count). The van der Waals surface area contributed by atoms with Crippen molar-refractivity contribution in [2.75, 3.05) is 0 Å². The Labute approximate surface area is 53.7 Å². The highest BCUT2D eigenvalue weighted by Gasteiger charge is 2.31. The van der Waals surface area contributed by atoms with Crippen LogP contribution in [0.5, 0.6) is 5.75 Å². The lowest BCUT2D eigenvalue weighted by Gasteiger charge is -2.02. The molecule has 0 unspecified atom stereocenters. The smallest absolute Gasteiger partial charge is 0.504 e. The second-order valence-corrected chi connectivity index (χ2v) is 1.61. The van der Waals surface area contributed by atoms with Gasteiger partial charge in [-0.15, -0.1) is 13.2 Å². The summed E-state index contributed by atoms with van der Waals surface area (Å²) in [5.41, 5.74) is 0. The number of nitrogens with zero attached hydrogens (tertiary/aromatic N) is 2. The quantitative estimate of drug-likeness (QED) is 0.603. The molecule has 1 aromatic heterocycles. The fourth-order valence-corrected chi connectivity index (χ4v) is 0.452. The van der Waals surface area contributed by atoms with Gasteiger partial charge in [-0.1, -0.05) is 0 Å². The molecule has 0 radical (unpaired) electrons. The van der Waals surface area contributed by atoms with Gasteiger partial charge in [-0.25, -0.2) is 0 Å². The zero-order valence-corrected chi connectivity index (χ0v) is 4.63. The van der Waals surface area contributed by atoms with Crippen LogP contribution < -0.4 is 0 Å². The number of aromatic nitrogens is 2. The van der Waals surface area contributed by atoms with E-state index in [2.05, 4.69) is 5.10 Å². The van der Waals surface area contributed by atoms with E-state index in [1.165, 1.54) is 0 Å². The Morgan fingerprint density at radius 2 is 2.10 bits per heavy atom. The lowest BCUT2D eigenvalue weighted by Crippen LogP contribution is -2.16. The van der Waals surface area contributed by atoms with Crippen LogP contribution in [0.1, 0.15) is 0 Å². The molecule has 0 aliphatic carbocycles. The molecule has 0 aromatic carbocycles. The van der Waals surface area contributed by atoms with Crippen molar-refractivity contribution in [1.82, 2.24) is 9.78 Å². The van der Waals surface area contributed by atoms with Gasteiger partial charge in [-0.05, 0) is 0 Å². The Balaban J connectivity index is 2.96. The summed E-state index contributed by atoms with van der Waals surface area (Å²) in [7, 11) is 0. The summed E-state index contributed by atoms with van der Waals surface area (Å²) in [6.45, 7) is 0. The largest absolute Gasteiger partial charge is 0.505 e. The average molecular weight is 152 g/mol. The van der Waals surface area contributed by atoms with Crippen LogP contribution in [0, 0.1) is 0 Å². The molecule has 0 atom stereocenters. The molecule has 1 aromatic rings. The molecule has 0 bridgehead atoms. The standard InChI is InChI=1S/C4H3F3N2O/c5-4(6,7)9-2-3(10)1-8-9/h1-2,10H. The summed E-state index contributed by atoms with van der Waals surface area (Å²) in [6, 6.07) is 0. The summed E-state index contributed by atoms with van der Waals surface area (Å²) >= 11 is 0. The van der Waals surface area contributed by atoms with Crippen LogP contribution in [-0.4, -0.2) is 14.9 Å². The van der Waals surface area contributed by atoms with E-state index >= 15 is 0 Å². The van der Waals surface area contributed by atoms with Crippen LogP contribution in [0.4, 0.5) is 13.2 Å². The van der Waals surface area contributed by atoms with Crippen molar-refractivity contribution < 1.29 is 18.3 Å². The molecule has 0 spiro atoms. The number of hydrogen-bond acceptors (Lipinski definition) is 2. The molecule has 1 N–H and O–H groups in total. The van der Waals surface area contributed by atoms with Gasteiger partial charge in [-0.3, -0.25) is 0 Å². The maximum absolute atomic E-state index is 11.6. The van der Waals surface area contributed by atoms with Gasteiger partial charge in [0.2, 0.25) is 0 Å². The number of halogens is 3. The van der Waals surface area contributed by atoms with Gasteiger partial charge < -0.3 is 5.11 Å². The molecule has 0 aliphatic heterocycles. The summed E-state index contributed by atoms with van der Waals surface area (Å²) in [5.74, 6) is -0.502. The van der Waals surface area contributed by atoms with Crippen LogP contribution in [0.15, 0.2) is 12.4 Å². The minimum atomic E-state index is -4.54. The zero-order valence-electron chi connectivity index (χ0n) is 4.63. The minimum absolute atomic E-state index is 0.275. The summed E-state index contributed by atoms with van der Waals surface area (Å²) < 4.78 is 34.5. The van der Waals surface area contributed by atoms with E-state index in [1.807, 2.05) is 0 Å². The molecular weight excluding hydrogens is 149 g/mol. The summed E-state index contributed by atoms with van der Waals surface area (Å²) in [5, 5.41) is 11.3. The highest BCUT2D eigenvalue weighted by Crippen LogP contribution is 2.22. The first-order valence-corrected chi connectivity index (χ1v) is 2.31. The molecule has 0 saturated carbocycles. The maximum Gasteiger partial charge on any atom is 0.504 e. The number of rotatable bonds is 0. The number of alkyl halides is 3. The Hall–Kier alpha value is -1.20. The fourth-order valence-electron chi connectivity index (χ4n) is 0.452. The normalized spacial score (nSPS) is 11.9. The van der Waals surface area contributed by atoms with E-state index in [4.69, 9.17) is 5.11 Å². The Morgan fingerprint density at radius 1 is 1.50 bits per heavy atom. The number of aromatic hydroxyl groups is 1. The van der Waals surface area contributed by atoms with Crippen LogP contribution in [0.2, 0.25) is 0 Å². The third kappa shape index (κ3) is 1.20. The van der Waals surface area contributed by atoms with Crippen LogP contribution >= 0.6 is 0 Å². The second-order valence-electron chi connectivity index (χ2n) is 1.61. The van der Waals surface area contributed by atoms with Crippen molar-refractivity contribution in [2.45, 2.75) is 6.30 Å². The first kappa shape index (κ1) is 6.91. The van der Waals surface area contributed by atoms with Crippen molar-refractivity contribution in [2.24, 2.45) is 0 Å². The van der Waals surface area contributed by atoms with Gasteiger partial charge in [-0.2, -0.15) is 9.78 Å². The monoisotopic (exact) mass is 152 g/mol. The van der Waals surface area contributed by atoms with E-state index in [-0.39, 0.29) is 4.68 Å². The third-order valence-corrected chi connectivity index (χ3v) is 0.829. The average Bonchev–Trinajstić information content (AvgIpc) is 2.11. The van der Waals surface area contributed by atoms with Crippen molar-refractivity contribution in [3.63, 3.8) is 0 Å². The van der Waals surface area contributed by atoms with Crippen LogP contribution in [0.25, 0.3) is 0 Å². The van der Waals surface area contributed by atoms with E-state index < -0.39 is 12.0 Å². The van der Waals surface area contributed by atoms with Gasteiger partial charge in [0, 0.05) is 0 Å². The molecule has 56 valence electrons. The maximum atomic E-state index is 11.6. The van der Waals surface area contributed by atoms with E-state index in [0.717, 1.165) is 0 Å². The summed E-state index contributed by atoms with van der Waals surface area (Å²) in [6.07, 6.45) is -3.34. The lowest BCUT2D eigenvalue weighted by atomic mass is 10.7. The highest BCUT2D eigenvalue weighted by molar-refractivity contribution is 5.08. The first-order valence-electron chi connectivity index (χ1n) is 2.31. The van der Waals surface area contributed by atoms with Crippen LogP contribution in [-0.2, 0) is 6.30 Å². The van der Waals surface area contributed by atoms with E-state index in [9.17, 15) is 13.2 Å². The highest BCUT2D eigenvalue weighted by atomic mass is 19.4. The van der Waals surface area contributed by atoms with Gasteiger partial charge in [0.25, 0.3) is 0 Å². The first-order chi connectivity index (χ1) is 4.50. The fraction of sp³-hybridized carbons (Fsp3) is 0.250. The Bertz CT molecular complexity index is 229. The Kier molecular flexibility index (Phi) is 1.31. The minimum Gasteiger partial charge on any atom is -0.505 e. The van der Waals surface area contributed by atoms with Gasteiger partial charge in [0.15, 0.2) is 5.75 Å². The molecule has 10 heavy (non-hydrogen) atoms. The van der Waals surface area contributed by atoms with Crippen molar-refractivity contribution in [1.29, 1.82) is 0 Å². The molecule has 0 saturated heterocycles. The molecule has 1 heterocycles. The van der Waals surface area contributed by atoms with Crippen LogP contribution in [0.3, 0.4) is 0 Å². The predicted molar refractivity (Wildman–Crippen MR) is 25.2 cm³/mol. The topological polar surface area (TPSA) is 38.1 Å². The second kappa shape index (κ2) is 1.89. The molecule has 6 heteroatoms. The molecule has 0 fully saturated rings. The van der Waals surface area contributed by atoms with Gasteiger partial charge in [0.1, 0.15) is 0 Å². The van der Waals surface area contributed by atoms with Crippen molar-refractivity contribution in [3.8, 4) is 5.75 Å². The molecule has 0 aliphatic rings. The zero-order chi connectivity index (χ0) is 7.78. The van der Waals surface area contributed by atoms with Gasteiger partial charge >= 0.3 is 6.30 Å². The number of hydrogen-bond donors (Lipinski definition) is 1. The van der Waals surface area contributed by atoms with Crippen molar-refractivity contribution in [3.05, 3.63) is 12.4 Å². The van der Waals surface area contributed by atoms with E-state index in [0.29, 0.717) is 12.4 Å². The van der Waals surface area contributed by atoms with Gasteiger partial charge in [0.05, 0.1) is 12.4 Å². The SMILES string of the molecule is Oc1cnn(C(F)(F)F)c1. The lowest BCUT2D eigenvalue weighted by molar-refractivity contribution is -0.212. The molecular formula is C4H3F3N2O. The van der Waals surface area contributed by atoms with Crippen molar-refractivity contribution >= 4 is 0 Å². The van der Waals surface area contributed by atoms with E-state index in [1.54, 1.807) is 0 Å². The predicted octanol–water partition coefficient (Wildman–Crippen LogP) is 1.06. The molecule has 0 amide bonds. The Morgan fingerprint density at radius 3 is 2.30 bits per heavy atom. The molecule has 3 nitrogen and oxygen atoms in total. The summed E-state index contributed by atoms with van der Waals surface area (Å²) in [4.78, 5) is 0. The third-order valence-electron chi connectivity index (χ3n) is 0.829.